The van der Waals surface area contributed by atoms with Crippen LogP contribution in [0.2, 0.25) is 0 Å². The molecule has 58 heavy (non-hydrogen) atoms. The van der Waals surface area contributed by atoms with E-state index in [1.165, 1.54) is 12.1 Å². The van der Waals surface area contributed by atoms with E-state index in [1.54, 1.807) is 53.5 Å². The van der Waals surface area contributed by atoms with Crippen LogP contribution in [-0.4, -0.2) is 71.6 Å². The van der Waals surface area contributed by atoms with Crippen molar-refractivity contribution in [2.45, 2.75) is 76.2 Å². The Kier molecular flexibility index (Phi) is 14.5. The fourth-order valence-corrected chi connectivity index (χ4v) is 9.00. The molecule has 2 N–H and O–H groups in total. The largest absolute Gasteiger partial charge is 0.490 e. The van der Waals surface area contributed by atoms with Gasteiger partial charge in [-0.05, 0) is 110 Å². The summed E-state index contributed by atoms with van der Waals surface area (Å²) in [5, 5.41) is 34.0. The third-order valence-corrected chi connectivity index (χ3v) is 11.5. The minimum Gasteiger partial charge on any atom is -0.490 e. The number of fused-ring (bicyclic) bond motifs is 2. The fourth-order valence-electron chi connectivity index (χ4n) is 9.00. The summed E-state index contributed by atoms with van der Waals surface area (Å²) in [6, 6.07) is 19.7. The summed E-state index contributed by atoms with van der Waals surface area (Å²) in [7, 11) is 0. The molecule has 0 aromatic heterocycles. The lowest BCUT2D eigenvalue weighted by Crippen LogP contribution is -2.70. The number of carbonyl (C=O) groups excluding carboxylic acids is 1. The molecular formula is C47H54FN3O7. The van der Waals surface area contributed by atoms with Gasteiger partial charge < -0.3 is 34.2 Å². The molecular weight excluding hydrogens is 738 g/mol. The third kappa shape index (κ3) is 9.05. The van der Waals surface area contributed by atoms with Gasteiger partial charge in [-0.1, -0.05) is 54.9 Å². The van der Waals surface area contributed by atoms with Crippen LogP contribution in [0.3, 0.4) is 0 Å². The fraction of sp³-hybridized carbons (Fsp3) is 0.426. The first kappa shape index (κ1) is 42.3. The quantitative estimate of drug-likeness (QED) is 0.0664. The second kappa shape index (κ2) is 19.9. The van der Waals surface area contributed by atoms with Crippen molar-refractivity contribution in [3.8, 4) is 17.6 Å². The molecule has 1 aliphatic heterocycles. The van der Waals surface area contributed by atoms with Crippen molar-refractivity contribution in [1.29, 1.82) is 5.26 Å². The van der Waals surface area contributed by atoms with Gasteiger partial charge in [0.05, 0.1) is 29.9 Å². The Morgan fingerprint density at radius 2 is 1.74 bits per heavy atom. The van der Waals surface area contributed by atoms with Gasteiger partial charge in [-0.2, -0.15) is 5.26 Å². The molecule has 1 heterocycles. The second-order valence-electron chi connectivity index (χ2n) is 15.0. The first-order chi connectivity index (χ1) is 28.3. The molecule has 2 aliphatic carbocycles. The van der Waals surface area contributed by atoms with Gasteiger partial charge >= 0.3 is 0 Å². The number of amides is 1. The van der Waals surface area contributed by atoms with E-state index in [-0.39, 0.29) is 56.4 Å². The number of hydrogen-bond acceptors (Lipinski definition) is 9. The van der Waals surface area contributed by atoms with Crippen LogP contribution in [0.15, 0.2) is 109 Å². The Labute approximate surface area is 340 Å². The minimum atomic E-state index is -1.49. The van der Waals surface area contributed by atoms with Crippen molar-refractivity contribution < 1.29 is 38.4 Å². The Balaban J connectivity index is 1.62. The molecule has 6 atom stereocenters. The van der Waals surface area contributed by atoms with Gasteiger partial charge in [0.25, 0.3) is 5.91 Å². The van der Waals surface area contributed by atoms with Crippen molar-refractivity contribution >= 4 is 11.6 Å². The monoisotopic (exact) mass is 791 g/mol. The van der Waals surface area contributed by atoms with E-state index >= 15 is 4.79 Å². The molecule has 0 radical (unpaired) electrons. The number of hydrogen-bond donors (Lipinski definition) is 2. The van der Waals surface area contributed by atoms with Crippen LogP contribution in [0.4, 0.5) is 4.39 Å². The smallest absolute Gasteiger partial charge is 0.254 e. The Morgan fingerprint density at radius 3 is 2.41 bits per heavy atom. The average molecular weight is 792 g/mol. The van der Waals surface area contributed by atoms with Crippen molar-refractivity contribution in [2.75, 3.05) is 33.0 Å². The highest BCUT2D eigenvalue weighted by molar-refractivity contribution is 6.03. The molecule has 11 heteroatoms. The van der Waals surface area contributed by atoms with Gasteiger partial charge in [0.1, 0.15) is 36.6 Å². The Hall–Kier alpha value is -5.28. The van der Waals surface area contributed by atoms with Crippen molar-refractivity contribution in [2.24, 2.45) is 22.9 Å². The van der Waals surface area contributed by atoms with Gasteiger partial charge in [0, 0.05) is 43.2 Å². The molecule has 0 spiro atoms. The van der Waals surface area contributed by atoms with Crippen LogP contribution in [0, 0.1) is 34.9 Å². The zero-order valence-corrected chi connectivity index (χ0v) is 33.2. The number of benzene rings is 3. The lowest BCUT2D eigenvalue weighted by Gasteiger charge is -2.60. The van der Waals surface area contributed by atoms with E-state index < -0.39 is 23.6 Å². The normalized spacial score (nSPS) is 23.7. The number of rotatable bonds is 20. The maximum atomic E-state index is 15.1. The van der Waals surface area contributed by atoms with E-state index in [0.717, 1.165) is 36.8 Å². The predicted molar refractivity (Wildman–Crippen MR) is 220 cm³/mol. The highest BCUT2D eigenvalue weighted by Crippen LogP contribution is 2.62. The maximum absolute atomic E-state index is 15.1. The molecule has 3 aliphatic rings. The Morgan fingerprint density at radius 1 is 1.02 bits per heavy atom. The van der Waals surface area contributed by atoms with E-state index in [4.69, 9.17) is 24.2 Å². The number of aliphatic hydroxyl groups excluding tert-OH is 2. The summed E-state index contributed by atoms with van der Waals surface area (Å²) in [5.74, 6) is -1.59. The predicted octanol–water partition coefficient (Wildman–Crippen LogP) is 8.26. The van der Waals surface area contributed by atoms with Crippen LogP contribution < -0.4 is 9.47 Å². The molecule has 1 saturated carbocycles. The summed E-state index contributed by atoms with van der Waals surface area (Å²) in [6.07, 6.45) is 10.4. The first-order valence-corrected chi connectivity index (χ1v) is 20.3. The highest BCUT2D eigenvalue weighted by Gasteiger charge is 2.65. The number of nitriles is 1. The third-order valence-electron chi connectivity index (χ3n) is 11.5. The summed E-state index contributed by atoms with van der Waals surface area (Å²) < 4.78 is 34.7. The molecule has 306 valence electrons. The highest BCUT2D eigenvalue weighted by atomic mass is 19.1. The molecule has 6 unspecified atom stereocenters. The SMILES string of the molecule is C=CCOc1ccc2c(c1)C1C(CCCCO)C(CCCCO)C=C3C(=NOCC)CC(N(Cc4ccc(F)cc4)C(=O)c4ccc(C#N)cc4)C(OCC=C)(O2)C31. The number of aliphatic hydroxyl groups is 2. The van der Waals surface area contributed by atoms with Gasteiger partial charge in [0.15, 0.2) is 0 Å². The first-order valence-electron chi connectivity index (χ1n) is 20.3. The number of carbonyl (C=O) groups is 1. The number of allylic oxidation sites excluding steroid dienone is 1. The zero-order valence-electron chi connectivity index (χ0n) is 33.2. The summed E-state index contributed by atoms with van der Waals surface area (Å²) >= 11 is 0. The average Bonchev–Trinajstić information content (AvgIpc) is 3.25. The van der Waals surface area contributed by atoms with Gasteiger partial charge in [-0.25, -0.2) is 4.39 Å². The summed E-state index contributed by atoms with van der Waals surface area (Å²) in [5.41, 5.74) is 4.00. The van der Waals surface area contributed by atoms with Crippen LogP contribution in [-0.2, 0) is 16.1 Å². The Bertz CT molecular complexity index is 1990. The molecule has 0 saturated heterocycles. The molecule has 1 amide bonds. The van der Waals surface area contributed by atoms with Gasteiger partial charge in [-0.15, -0.1) is 6.58 Å². The van der Waals surface area contributed by atoms with Gasteiger partial charge in [0.2, 0.25) is 5.79 Å². The standard InChI is InChI=1S/C47H54FN3O7/c1-4-25-55-37-21-22-42-40(28-37)44-38(12-8-10-24-53)35(11-7-9-23-52)27-39-41(50-57-6-3)29-43(47(58-42,45(39)44)56-26-5-2)51(31-33-15-19-36(48)20-16-33)46(54)34-17-13-32(30-49)14-18-34/h4-5,13-22,27-28,35,38,43-45,52-53H,1-2,6-12,23-26,29,31H2,3H3. The number of halogens is 1. The van der Waals surface area contributed by atoms with Crippen LogP contribution in [0.1, 0.15) is 84.8 Å². The van der Waals surface area contributed by atoms with E-state index in [2.05, 4.69) is 25.3 Å². The van der Waals surface area contributed by atoms with E-state index in [0.29, 0.717) is 60.0 Å². The minimum absolute atomic E-state index is 0.0369. The van der Waals surface area contributed by atoms with Gasteiger partial charge in [-0.3, -0.25) is 4.79 Å². The number of nitrogens with zero attached hydrogens (tertiary/aromatic N) is 3. The molecule has 10 nitrogen and oxygen atoms in total. The second-order valence-corrected chi connectivity index (χ2v) is 15.0. The van der Waals surface area contributed by atoms with E-state index in [1.807, 2.05) is 25.1 Å². The maximum Gasteiger partial charge on any atom is 0.254 e. The molecule has 1 fully saturated rings. The molecule has 3 aromatic carbocycles. The lowest BCUT2D eigenvalue weighted by molar-refractivity contribution is -0.255. The van der Waals surface area contributed by atoms with Crippen LogP contribution in [0.25, 0.3) is 0 Å². The molecule has 0 bridgehead atoms. The number of oxime groups is 1. The zero-order chi connectivity index (χ0) is 41.1. The number of ether oxygens (including phenoxy) is 3. The van der Waals surface area contributed by atoms with Crippen LogP contribution in [0.5, 0.6) is 11.5 Å². The van der Waals surface area contributed by atoms with Crippen molar-refractivity contribution in [3.63, 3.8) is 0 Å². The van der Waals surface area contributed by atoms with Crippen LogP contribution >= 0.6 is 0 Å². The van der Waals surface area contributed by atoms with Crippen molar-refractivity contribution in [3.05, 3.63) is 132 Å². The lowest BCUT2D eigenvalue weighted by atomic mass is 9.55. The summed E-state index contributed by atoms with van der Waals surface area (Å²) in [4.78, 5) is 22.7. The number of unbranched alkanes of at least 4 members (excludes halogenated alkanes) is 2. The van der Waals surface area contributed by atoms with E-state index in [9.17, 15) is 19.9 Å². The summed E-state index contributed by atoms with van der Waals surface area (Å²) in [6.45, 7) is 10.7. The molecule has 3 aromatic rings. The molecule has 6 rings (SSSR count). The van der Waals surface area contributed by atoms with Crippen molar-refractivity contribution in [1.82, 2.24) is 4.90 Å². The topological polar surface area (TPSA) is 134 Å².